The van der Waals surface area contributed by atoms with E-state index in [-0.39, 0.29) is 24.9 Å². The first-order chi connectivity index (χ1) is 14.6. The average Bonchev–Trinajstić information content (AvgIpc) is 2.74. The van der Waals surface area contributed by atoms with Crippen molar-refractivity contribution in [1.82, 2.24) is 10.3 Å². The maximum absolute atomic E-state index is 13.3. The summed E-state index contributed by atoms with van der Waals surface area (Å²) < 4.78 is 30.0. The predicted octanol–water partition coefficient (Wildman–Crippen LogP) is 2.59. The Labute approximate surface area is 175 Å². The van der Waals surface area contributed by atoms with Gasteiger partial charge in [-0.3, -0.25) is 9.69 Å². The van der Waals surface area contributed by atoms with E-state index < -0.39 is 0 Å². The van der Waals surface area contributed by atoms with Crippen molar-refractivity contribution in [3.8, 4) is 11.5 Å². The molecule has 8 heteroatoms. The van der Waals surface area contributed by atoms with Gasteiger partial charge in [-0.1, -0.05) is 12.1 Å². The second-order valence-electron chi connectivity index (χ2n) is 6.74. The molecular weight excluding hydrogens is 389 g/mol. The van der Waals surface area contributed by atoms with Gasteiger partial charge in [0.2, 0.25) is 0 Å². The van der Waals surface area contributed by atoms with E-state index in [4.69, 9.17) is 14.2 Å². The van der Waals surface area contributed by atoms with Crippen LogP contribution in [0, 0.1) is 5.82 Å². The molecule has 1 heterocycles. The van der Waals surface area contributed by atoms with Gasteiger partial charge in [0.15, 0.2) is 11.5 Å². The first kappa shape index (κ1) is 21.7. The van der Waals surface area contributed by atoms with Gasteiger partial charge in [-0.25, -0.2) is 9.82 Å². The molecular formula is C22H26FN3O4. The van der Waals surface area contributed by atoms with E-state index in [0.717, 1.165) is 24.2 Å². The number of nitrogens with zero attached hydrogens (tertiary/aromatic N) is 2. The fourth-order valence-corrected chi connectivity index (χ4v) is 2.96. The topological polar surface area (TPSA) is 72.4 Å². The molecule has 0 aliphatic carbocycles. The molecule has 0 bridgehead atoms. The van der Waals surface area contributed by atoms with Crippen molar-refractivity contribution in [2.24, 2.45) is 5.10 Å². The molecule has 30 heavy (non-hydrogen) atoms. The molecule has 0 spiro atoms. The van der Waals surface area contributed by atoms with E-state index in [1.807, 2.05) is 11.8 Å². The summed E-state index contributed by atoms with van der Waals surface area (Å²) in [6, 6.07) is 11.6. The smallest absolute Gasteiger partial charge is 0.254 e. The fourth-order valence-electron chi connectivity index (χ4n) is 2.96. The molecule has 0 saturated carbocycles. The van der Waals surface area contributed by atoms with E-state index in [1.165, 1.54) is 12.1 Å². The van der Waals surface area contributed by atoms with Crippen LogP contribution in [0.15, 0.2) is 47.6 Å². The second kappa shape index (κ2) is 11.3. The Bertz CT molecular complexity index is 869. The lowest BCUT2D eigenvalue weighted by molar-refractivity contribution is -0.123. The Morgan fingerprint density at radius 2 is 2.03 bits per heavy atom. The van der Waals surface area contributed by atoms with Crippen LogP contribution in [0.4, 0.5) is 4.39 Å². The van der Waals surface area contributed by atoms with Gasteiger partial charge in [0.25, 0.3) is 5.91 Å². The minimum atomic E-state index is -0.302. The van der Waals surface area contributed by atoms with Crippen molar-refractivity contribution < 1.29 is 23.4 Å². The van der Waals surface area contributed by atoms with Crippen LogP contribution in [0.25, 0.3) is 0 Å². The highest BCUT2D eigenvalue weighted by Gasteiger charge is 2.13. The van der Waals surface area contributed by atoms with E-state index in [0.29, 0.717) is 31.3 Å². The van der Waals surface area contributed by atoms with Crippen LogP contribution in [0.2, 0.25) is 0 Å². The van der Waals surface area contributed by atoms with Gasteiger partial charge in [-0.2, -0.15) is 5.10 Å². The van der Waals surface area contributed by atoms with E-state index >= 15 is 0 Å². The van der Waals surface area contributed by atoms with Gasteiger partial charge in [-0.05, 0) is 48.4 Å². The molecule has 0 aromatic heterocycles. The van der Waals surface area contributed by atoms with Gasteiger partial charge in [0.05, 0.1) is 32.6 Å². The summed E-state index contributed by atoms with van der Waals surface area (Å²) in [4.78, 5) is 14.0. The first-order valence-electron chi connectivity index (χ1n) is 9.90. The quantitative estimate of drug-likeness (QED) is 0.504. The molecule has 1 fully saturated rings. The zero-order valence-electron chi connectivity index (χ0n) is 17.0. The third kappa shape index (κ3) is 6.82. The van der Waals surface area contributed by atoms with Crippen molar-refractivity contribution in [3.63, 3.8) is 0 Å². The highest BCUT2D eigenvalue weighted by molar-refractivity contribution is 5.83. The van der Waals surface area contributed by atoms with E-state index in [9.17, 15) is 9.18 Å². The molecule has 1 aliphatic heterocycles. The van der Waals surface area contributed by atoms with Gasteiger partial charge in [-0.15, -0.1) is 0 Å². The number of carbonyl (C=O) groups is 1. The molecule has 3 rings (SSSR count). The maximum atomic E-state index is 13.3. The summed E-state index contributed by atoms with van der Waals surface area (Å²) in [6.45, 7) is 5.63. The van der Waals surface area contributed by atoms with Crippen molar-refractivity contribution in [2.45, 2.75) is 13.5 Å². The number of rotatable bonds is 9. The zero-order valence-corrected chi connectivity index (χ0v) is 17.0. The van der Waals surface area contributed by atoms with Crippen LogP contribution in [0.5, 0.6) is 11.5 Å². The van der Waals surface area contributed by atoms with Crippen LogP contribution in [-0.4, -0.2) is 56.5 Å². The summed E-state index contributed by atoms with van der Waals surface area (Å²) >= 11 is 0. The summed E-state index contributed by atoms with van der Waals surface area (Å²) in [5.41, 5.74) is 4.02. The lowest BCUT2D eigenvalue weighted by atomic mass is 10.2. The molecule has 0 unspecified atom stereocenters. The highest BCUT2D eigenvalue weighted by atomic mass is 19.1. The van der Waals surface area contributed by atoms with Gasteiger partial charge in [0.1, 0.15) is 12.4 Å². The monoisotopic (exact) mass is 415 g/mol. The number of amides is 1. The Balaban J connectivity index is 1.56. The Hall–Kier alpha value is -2.97. The zero-order chi connectivity index (χ0) is 21.2. The largest absolute Gasteiger partial charge is 0.490 e. The lowest BCUT2D eigenvalue weighted by Gasteiger charge is -2.25. The standard InChI is InChI=1S/C22H26FN3O4/c1-2-29-21-13-17(14-24-25-22(27)15-26-8-10-28-11-9-26)6-7-20(21)30-16-18-4-3-5-19(23)12-18/h3-7,12-14H,2,8-11,15-16H2,1H3,(H,25,27)/b24-14+. The van der Waals surface area contributed by atoms with E-state index in [1.54, 1.807) is 36.5 Å². The summed E-state index contributed by atoms with van der Waals surface area (Å²) in [7, 11) is 0. The minimum absolute atomic E-state index is 0.173. The van der Waals surface area contributed by atoms with Gasteiger partial charge < -0.3 is 14.2 Å². The number of hydrazone groups is 1. The number of ether oxygens (including phenoxy) is 3. The second-order valence-corrected chi connectivity index (χ2v) is 6.74. The summed E-state index contributed by atoms with van der Waals surface area (Å²) in [5, 5.41) is 4.02. The Morgan fingerprint density at radius 3 is 2.80 bits per heavy atom. The normalized spacial score (nSPS) is 14.6. The molecule has 1 saturated heterocycles. The molecule has 1 amide bonds. The minimum Gasteiger partial charge on any atom is -0.490 e. The Kier molecular flexibility index (Phi) is 8.17. The highest BCUT2D eigenvalue weighted by Crippen LogP contribution is 2.29. The number of benzene rings is 2. The first-order valence-corrected chi connectivity index (χ1v) is 9.90. The number of nitrogens with one attached hydrogen (secondary N) is 1. The average molecular weight is 415 g/mol. The third-order valence-corrected chi connectivity index (χ3v) is 4.42. The molecule has 0 atom stereocenters. The van der Waals surface area contributed by atoms with Crippen molar-refractivity contribution in [3.05, 3.63) is 59.4 Å². The number of hydrogen-bond acceptors (Lipinski definition) is 6. The van der Waals surface area contributed by atoms with Crippen LogP contribution in [0.3, 0.4) is 0 Å². The summed E-state index contributed by atoms with van der Waals surface area (Å²) in [5.74, 6) is 0.628. The van der Waals surface area contributed by atoms with E-state index in [2.05, 4.69) is 10.5 Å². The fraction of sp³-hybridized carbons (Fsp3) is 0.364. The molecule has 160 valence electrons. The Morgan fingerprint density at radius 1 is 1.20 bits per heavy atom. The van der Waals surface area contributed by atoms with Crippen molar-refractivity contribution in [2.75, 3.05) is 39.5 Å². The van der Waals surface area contributed by atoms with Crippen LogP contribution in [-0.2, 0) is 16.1 Å². The summed E-state index contributed by atoms with van der Waals surface area (Å²) in [6.07, 6.45) is 1.55. The lowest BCUT2D eigenvalue weighted by Crippen LogP contribution is -2.42. The molecule has 7 nitrogen and oxygen atoms in total. The molecule has 1 N–H and O–H groups in total. The molecule has 0 radical (unpaired) electrons. The van der Waals surface area contributed by atoms with Crippen molar-refractivity contribution in [1.29, 1.82) is 0 Å². The number of carbonyl (C=O) groups excluding carboxylic acids is 1. The predicted molar refractivity (Wildman–Crippen MR) is 111 cm³/mol. The van der Waals surface area contributed by atoms with Crippen LogP contribution in [0.1, 0.15) is 18.1 Å². The number of morpholine rings is 1. The number of hydrogen-bond donors (Lipinski definition) is 1. The third-order valence-electron chi connectivity index (χ3n) is 4.42. The SMILES string of the molecule is CCOc1cc(/C=N/NC(=O)CN2CCOCC2)ccc1OCc1cccc(F)c1. The molecule has 1 aliphatic rings. The molecule has 2 aromatic carbocycles. The maximum Gasteiger partial charge on any atom is 0.254 e. The van der Waals surface area contributed by atoms with Crippen LogP contribution < -0.4 is 14.9 Å². The van der Waals surface area contributed by atoms with Crippen molar-refractivity contribution >= 4 is 12.1 Å². The van der Waals surface area contributed by atoms with Crippen LogP contribution >= 0.6 is 0 Å². The molecule has 2 aromatic rings. The van der Waals surface area contributed by atoms with Gasteiger partial charge >= 0.3 is 0 Å². The number of halogens is 1. The van der Waals surface area contributed by atoms with Gasteiger partial charge in [0, 0.05) is 13.1 Å².